The fraction of sp³-hybridized carbons (Fsp3) is 0.677. The van der Waals surface area contributed by atoms with Crippen LogP contribution in [0.15, 0.2) is 30.5 Å². The first kappa shape index (κ1) is 27.2. The van der Waals surface area contributed by atoms with Crippen LogP contribution in [-0.2, 0) is 27.4 Å². The molecule has 3 aliphatic rings. The lowest BCUT2D eigenvalue weighted by Crippen LogP contribution is -2.56. The number of benzene rings is 1. The Labute approximate surface area is 227 Å². The SMILES string of the molecule is COCCCn1cc(CN(C(=O)[C@H]2CNC[C@@H](N(CC3CC3)C(=O)C(C)(C)C)C2)C2CC2)c2ccccc21. The van der Waals surface area contributed by atoms with E-state index in [9.17, 15) is 9.59 Å². The van der Waals surface area contributed by atoms with Crippen LogP contribution in [0.4, 0.5) is 0 Å². The Hall–Kier alpha value is -2.38. The second-order valence-electron chi connectivity index (χ2n) is 12.8. The summed E-state index contributed by atoms with van der Waals surface area (Å²) in [5.74, 6) is 0.987. The van der Waals surface area contributed by atoms with Crippen molar-refractivity contribution >= 4 is 22.7 Å². The second kappa shape index (κ2) is 11.4. The predicted molar refractivity (Wildman–Crippen MR) is 151 cm³/mol. The fourth-order valence-electron chi connectivity index (χ4n) is 5.96. The number of aryl methyl sites for hydroxylation is 1. The maximum atomic E-state index is 14.1. The van der Waals surface area contributed by atoms with Crippen LogP contribution in [0.5, 0.6) is 0 Å². The number of hydrogen-bond donors (Lipinski definition) is 1. The van der Waals surface area contributed by atoms with E-state index in [0.29, 0.717) is 25.0 Å². The number of fused-ring (bicyclic) bond motifs is 1. The first-order valence-corrected chi connectivity index (χ1v) is 14.6. The van der Waals surface area contributed by atoms with E-state index in [0.717, 1.165) is 51.9 Å². The number of methoxy groups -OCH3 is 1. The molecule has 0 bridgehead atoms. The van der Waals surface area contributed by atoms with Gasteiger partial charge in [0.05, 0.1) is 5.92 Å². The molecule has 3 fully saturated rings. The predicted octanol–water partition coefficient (Wildman–Crippen LogP) is 4.43. The van der Waals surface area contributed by atoms with Crippen molar-refractivity contribution in [1.82, 2.24) is 19.7 Å². The smallest absolute Gasteiger partial charge is 0.228 e. The minimum absolute atomic E-state index is 0.0776. The van der Waals surface area contributed by atoms with Crippen LogP contribution in [-0.4, -0.2) is 71.6 Å². The lowest BCUT2D eigenvalue weighted by Gasteiger charge is -2.41. The van der Waals surface area contributed by atoms with E-state index < -0.39 is 5.41 Å². The monoisotopic (exact) mass is 522 g/mol. The first-order valence-electron chi connectivity index (χ1n) is 14.6. The molecule has 2 saturated carbocycles. The number of nitrogens with zero attached hydrogens (tertiary/aromatic N) is 3. The lowest BCUT2D eigenvalue weighted by molar-refractivity contribution is -0.145. The van der Waals surface area contributed by atoms with Crippen molar-refractivity contribution in [1.29, 1.82) is 0 Å². The van der Waals surface area contributed by atoms with Gasteiger partial charge < -0.3 is 24.4 Å². The number of carbonyl (C=O) groups excluding carboxylic acids is 2. The molecule has 1 aromatic carbocycles. The second-order valence-corrected chi connectivity index (χ2v) is 12.8. The Morgan fingerprint density at radius 3 is 2.50 bits per heavy atom. The topological polar surface area (TPSA) is 66.8 Å². The Morgan fingerprint density at radius 2 is 1.82 bits per heavy atom. The van der Waals surface area contributed by atoms with Crippen LogP contribution in [0.1, 0.15) is 64.9 Å². The summed E-state index contributed by atoms with van der Waals surface area (Å²) in [6.07, 6.45) is 8.54. The molecule has 0 unspecified atom stereocenters. The zero-order valence-corrected chi connectivity index (χ0v) is 23.7. The number of piperidine rings is 1. The molecule has 0 radical (unpaired) electrons. The Kier molecular flexibility index (Phi) is 8.15. The average molecular weight is 523 g/mol. The Morgan fingerprint density at radius 1 is 1.05 bits per heavy atom. The van der Waals surface area contributed by atoms with Gasteiger partial charge in [-0.15, -0.1) is 0 Å². The maximum absolute atomic E-state index is 14.1. The molecule has 5 rings (SSSR count). The summed E-state index contributed by atoms with van der Waals surface area (Å²) in [7, 11) is 1.74. The van der Waals surface area contributed by atoms with E-state index in [1.54, 1.807) is 7.11 Å². The number of ether oxygens (including phenoxy) is 1. The van der Waals surface area contributed by atoms with Crippen LogP contribution in [0.25, 0.3) is 10.9 Å². The van der Waals surface area contributed by atoms with E-state index >= 15 is 0 Å². The summed E-state index contributed by atoms with van der Waals surface area (Å²) in [5.41, 5.74) is 2.03. The van der Waals surface area contributed by atoms with Gasteiger partial charge >= 0.3 is 0 Å². The van der Waals surface area contributed by atoms with Gasteiger partial charge in [0.1, 0.15) is 0 Å². The third-order valence-corrected chi connectivity index (χ3v) is 8.40. The van der Waals surface area contributed by atoms with Gasteiger partial charge in [0, 0.05) is 81.0 Å². The summed E-state index contributed by atoms with van der Waals surface area (Å²) in [5, 5.41) is 4.76. The number of aromatic nitrogens is 1. The van der Waals surface area contributed by atoms with Crippen LogP contribution in [0, 0.1) is 17.3 Å². The third-order valence-electron chi connectivity index (χ3n) is 8.40. The largest absolute Gasteiger partial charge is 0.385 e. The molecule has 1 N–H and O–H groups in total. The minimum Gasteiger partial charge on any atom is -0.385 e. The Balaban J connectivity index is 1.32. The molecule has 0 spiro atoms. The highest BCUT2D eigenvalue weighted by molar-refractivity contribution is 5.86. The highest BCUT2D eigenvalue weighted by atomic mass is 16.5. The van der Waals surface area contributed by atoms with Crippen LogP contribution in [0.2, 0.25) is 0 Å². The van der Waals surface area contributed by atoms with Gasteiger partial charge in [0.25, 0.3) is 0 Å². The fourth-order valence-corrected chi connectivity index (χ4v) is 5.96. The van der Waals surface area contributed by atoms with E-state index in [-0.39, 0.29) is 23.8 Å². The van der Waals surface area contributed by atoms with Crippen molar-refractivity contribution in [2.45, 2.75) is 84.5 Å². The van der Waals surface area contributed by atoms with Gasteiger partial charge in [0.2, 0.25) is 11.8 Å². The summed E-state index contributed by atoms with van der Waals surface area (Å²) in [6, 6.07) is 8.93. The maximum Gasteiger partial charge on any atom is 0.228 e. The van der Waals surface area contributed by atoms with Gasteiger partial charge in [-0.05, 0) is 56.1 Å². The number of nitrogens with one attached hydrogen (secondary N) is 1. The molecule has 1 saturated heterocycles. The highest BCUT2D eigenvalue weighted by Crippen LogP contribution is 2.35. The third kappa shape index (κ3) is 6.26. The van der Waals surface area contributed by atoms with Gasteiger partial charge in [-0.25, -0.2) is 0 Å². The van der Waals surface area contributed by atoms with Crippen molar-refractivity contribution in [2.75, 3.05) is 33.4 Å². The number of para-hydroxylation sites is 1. The molecule has 2 aliphatic carbocycles. The molecule has 2 heterocycles. The minimum atomic E-state index is -0.413. The molecule has 208 valence electrons. The normalized spacial score (nSPS) is 22.0. The van der Waals surface area contributed by atoms with Crippen molar-refractivity contribution in [3.8, 4) is 0 Å². The van der Waals surface area contributed by atoms with Crippen LogP contribution in [0.3, 0.4) is 0 Å². The van der Waals surface area contributed by atoms with Gasteiger partial charge in [-0.1, -0.05) is 39.0 Å². The molecular weight excluding hydrogens is 476 g/mol. The molecule has 2 aromatic rings. The summed E-state index contributed by atoms with van der Waals surface area (Å²) in [4.78, 5) is 31.7. The van der Waals surface area contributed by atoms with Gasteiger partial charge in [-0.3, -0.25) is 9.59 Å². The molecule has 1 aliphatic heterocycles. The number of hydrogen-bond acceptors (Lipinski definition) is 4. The molecule has 2 atom stereocenters. The molecular formula is C31H46N4O3. The first-order chi connectivity index (χ1) is 18.3. The van der Waals surface area contributed by atoms with Crippen molar-refractivity contribution in [3.63, 3.8) is 0 Å². The van der Waals surface area contributed by atoms with E-state index in [1.807, 2.05) is 20.8 Å². The summed E-state index contributed by atoms with van der Waals surface area (Å²) < 4.78 is 7.58. The standard InChI is InChI=1S/C31H46N4O3/c1-31(2,3)30(37)35(19-22-10-11-22)26-16-23(17-32-18-26)29(36)34(25-12-13-25)21-24-20-33(14-7-15-38-4)28-9-6-5-8-27(24)28/h5-6,8-9,20,22-23,25-26,32H,7,10-19,21H2,1-4H3/t23-,26+/m1/s1. The van der Waals surface area contributed by atoms with Gasteiger partial charge in [0.15, 0.2) is 0 Å². The number of carbonyl (C=O) groups is 2. The number of amides is 2. The zero-order valence-electron chi connectivity index (χ0n) is 23.7. The van der Waals surface area contributed by atoms with Crippen LogP contribution < -0.4 is 5.32 Å². The molecule has 7 nitrogen and oxygen atoms in total. The van der Waals surface area contributed by atoms with Crippen molar-refractivity contribution in [3.05, 3.63) is 36.0 Å². The van der Waals surface area contributed by atoms with Gasteiger partial charge in [-0.2, -0.15) is 0 Å². The highest BCUT2D eigenvalue weighted by Gasteiger charge is 2.42. The Bertz CT molecular complexity index is 1130. The van der Waals surface area contributed by atoms with Crippen molar-refractivity contribution < 1.29 is 14.3 Å². The van der Waals surface area contributed by atoms with Crippen LogP contribution >= 0.6 is 0 Å². The van der Waals surface area contributed by atoms with Crippen molar-refractivity contribution in [2.24, 2.45) is 17.3 Å². The summed E-state index contributed by atoms with van der Waals surface area (Å²) in [6.45, 7) is 10.6. The van der Waals surface area contributed by atoms with E-state index in [4.69, 9.17) is 4.74 Å². The molecule has 7 heteroatoms. The van der Waals surface area contributed by atoms with E-state index in [1.165, 1.54) is 29.3 Å². The molecule has 38 heavy (non-hydrogen) atoms. The summed E-state index contributed by atoms with van der Waals surface area (Å²) >= 11 is 0. The zero-order chi connectivity index (χ0) is 26.9. The quantitative estimate of drug-likeness (QED) is 0.444. The molecule has 1 aromatic heterocycles. The number of rotatable bonds is 11. The van der Waals surface area contributed by atoms with E-state index in [2.05, 4.69) is 50.1 Å². The lowest BCUT2D eigenvalue weighted by atomic mass is 9.89. The molecule has 2 amide bonds. The average Bonchev–Trinajstić information content (AvgIpc) is 3.84.